The monoisotopic (exact) mass is 407 g/mol. The molecule has 18 heteroatoms. The Balaban J connectivity index is 5.13. The zero-order valence-electron chi connectivity index (χ0n) is 10.4. The molecule has 7 N–H and O–H groups in total. The molecule has 0 saturated carbocycles. The van der Waals surface area contributed by atoms with E-state index in [1.807, 2.05) is 0 Å². The molecule has 0 rings (SSSR count). The molecule has 14 nitrogen and oxygen atoms in total. The van der Waals surface area contributed by atoms with Crippen LogP contribution in [-0.2, 0) is 27.6 Å². The average molecular weight is 407 g/mol. The Kier molecular flexibility index (Phi) is 9.04. The lowest BCUT2D eigenvalue weighted by atomic mass is 10.6. The Morgan fingerprint density at radius 3 is 1.55 bits per heavy atom. The third-order valence-electron chi connectivity index (χ3n) is 2.17. The van der Waals surface area contributed by atoms with Crippen molar-refractivity contribution in [1.29, 1.82) is 0 Å². The van der Waals surface area contributed by atoms with Crippen LogP contribution in [-0.4, -0.2) is 64.2 Å². The quantitative estimate of drug-likeness (QED) is 0.145. The summed E-state index contributed by atoms with van der Waals surface area (Å²) < 4.78 is 51.1. The molecular weight excluding hydrogens is 394 g/mol. The van der Waals surface area contributed by atoms with Gasteiger partial charge in [-0.15, -0.1) is 0 Å². The first-order valence-corrected chi connectivity index (χ1v) is 10.8. The van der Waals surface area contributed by atoms with E-state index in [9.17, 15) is 23.5 Å². The van der Waals surface area contributed by atoms with Gasteiger partial charge in [-0.3, -0.25) is 9.13 Å². The number of nitrogens with zero attached hydrogens (tertiary/aromatic N) is 1. The van der Waals surface area contributed by atoms with Gasteiger partial charge in [0, 0.05) is 9.35 Å². The molecule has 2 atom stereocenters. The minimum atomic E-state index is -5.33. The number of rotatable bonds is 10. The summed E-state index contributed by atoms with van der Waals surface area (Å²) in [4.78, 5) is 35.4. The van der Waals surface area contributed by atoms with Crippen LogP contribution in [0.25, 0.3) is 0 Å². The highest BCUT2D eigenvalue weighted by Crippen LogP contribution is 2.60. The Hall–Kier alpha value is 0.260. The molecule has 0 amide bonds. The molecule has 0 heterocycles. The number of hydroxylamine groups is 2. The summed E-state index contributed by atoms with van der Waals surface area (Å²) in [6, 6.07) is 0. The summed E-state index contributed by atoms with van der Waals surface area (Å²) >= 11 is 0. The predicted molar refractivity (Wildman–Crippen MR) is 67.7 cm³/mol. The fourth-order valence-electron chi connectivity index (χ4n) is 1.18. The van der Waals surface area contributed by atoms with Crippen molar-refractivity contribution in [2.75, 3.05) is 13.1 Å². The van der Waals surface area contributed by atoms with Crippen molar-refractivity contribution in [3.8, 4) is 0 Å². The second-order valence-corrected chi connectivity index (χ2v) is 10.9. The van der Waals surface area contributed by atoms with Crippen molar-refractivity contribution in [3.05, 3.63) is 0 Å². The molecule has 2 unspecified atom stereocenters. The number of hydrogen-bond acceptors (Lipinski definition) is 10. The minimum absolute atomic E-state index is 0.119. The lowest BCUT2D eigenvalue weighted by molar-refractivity contribution is -0.139. The summed E-state index contributed by atoms with van der Waals surface area (Å²) in [7, 11) is -17.0. The minimum Gasteiger partial charge on any atom is -0.324 e. The maximum atomic E-state index is 11.2. The molecule has 0 aliphatic rings. The first-order valence-electron chi connectivity index (χ1n) is 4.94. The molecule has 0 aliphatic carbocycles. The molecule has 0 radical (unpaired) electrons. The van der Waals surface area contributed by atoms with Gasteiger partial charge >= 0.3 is 36.6 Å². The molecule has 0 aromatic heterocycles. The van der Waals surface area contributed by atoms with E-state index >= 15 is 0 Å². The second-order valence-electron chi connectivity index (χ2n) is 3.75. The van der Waals surface area contributed by atoms with Gasteiger partial charge in [0.15, 0.2) is 5.40 Å². The van der Waals surface area contributed by atoms with Crippen molar-refractivity contribution in [3.63, 3.8) is 0 Å². The van der Waals surface area contributed by atoms with E-state index in [1.54, 1.807) is 0 Å². The molecular formula is C4H13NO13P4+2. The smallest absolute Gasteiger partial charge is 0.324 e. The first kappa shape index (κ1) is 22.3. The average Bonchev–Trinajstić information content (AvgIpc) is 2.37. The Morgan fingerprint density at radius 2 is 1.27 bits per heavy atom. The summed E-state index contributed by atoms with van der Waals surface area (Å²) in [6.45, 7) is -2.32. The van der Waals surface area contributed by atoms with Crippen molar-refractivity contribution in [2.24, 2.45) is 0 Å². The van der Waals surface area contributed by atoms with Crippen molar-refractivity contribution >= 4 is 31.2 Å². The summed E-state index contributed by atoms with van der Waals surface area (Å²) in [5.74, 6) is 0. The van der Waals surface area contributed by atoms with Gasteiger partial charge in [0.1, 0.15) is 6.54 Å². The van der Waals surface area contributed by atoms with Crippen LogP contribution in [0, 0.1) is 0 Å². The van der Waals surface area contributed by atoms with E-state index < -0.39 is 55.1 Å². The molecule has 0 aromatic carbocycles. The normalized spacial score (nSPS) is 16.0. The third kappa shape index (κ3) is 7.22. The standard InChI is InChI=1S/C4H11NO13P4/c6-5(1-3(19(9)17-7)20(10)18-8)2-4(21(11,12)13)22(14,15)16/h3-4,6H,1-2H2,(H4-2,7,8,11,12,13,14,15,16)/p+2. The molecule has 0 fully saturated rings. The molecule has 0 aliphatic heterocycles. The van der Waals surface area contributed by atoms with Crippen LogP contribution in [0.3, 0.4) is 0 Å². The molecule has 0 bridgehead atoms. The molecule has 22 heavy (non-hydrogen) atoms. The second kappa shape index (κ2) is 8.93. The predicted octanol–water partition coefficient (Wildman–Crippen LogP) is 0.149. The highest BCUT2D eigenvalue weighted by atomic mass is 31.2. The lowest BCUT2D eigenvalue weighted by Gasteiger charge is -2.22. The Labute approximate surface area is 124 Å². The van der Waals surface area contributed by atoms with Crippen molar-refractivity contribution < 1.29 is 62.9 Å². The van der Waals surface area contributed by atoms with Crippen LogP contribution in [0.1, 0.15) is 0 Å². The van der Waals surface area contributed by atoms with Crippen LogP contribution >= 0.6 is 31.2 Å². The maximum Gasteiger partial charge on any atom is 0.599 e. The van der Waals surface area contributed by atoms with Gasteiger partial charge in [-0.05, 0) is 9.13 Å². The van der Waals surface area contributed by atoms with Crippen LogP contribution in [0.4, 0.5) is 0 Å². The van der Waals surface area contributed by atoms with E-state index in [0.29, 0.717) is 0 Å². The van der Waals surface area contributed by atoms with Crippen LogP contribution in [0.5, 0.6) is 0 Å². The molecule has 0 saturated heterocycles. The molecule has 0 spiro atoms. The van der Waals surface area contributed by atoms with Crippen molar-refractivity contribution in [2.45, 2.75) is 10.8 Å². The van der Waals surface area contributed by atoms with E-state index in [2.05, 4.69) is 9.35 Å². The fourth-order valence-corrected chi connectivity index (χ4v) is 5.28. The highest BCUT2D eigenvalue weighted by molar-refractivity contribution is 7.70. The van der Waals surface area contributed by atoms with E-state index in [-0.39, 0.29) is 5.06 Å². The van der Waals surface area contributed by atoms with E-state index in [0.717, 1.165) is 0 Å². The van der Waals surface area contributed by atoms with Crippen LogP contribution in [0.2, 0.25) is 0 Å². The van der Waals surface area contributed by atoms with Crippen LogP contribution < -0.4 is 0 Å². The van der Waals surface area contributed by atoms with Gasteiger partial charge in [-0.1, -0.05) is 0 Å². The van der Waals surface area contributed by atoms with Crippen molar-refractivity contribution in [1.82, 2.24) is 5.06 Å². The highest BCUT2D eigenvalue weighted by Gasteiger charge is 2.55. The zero-order chi connectivity index (χ0) is 17.7. The third-order valence-corrected chi connectivity index (χ3v) is 8.61. The summed E-state index contributed by atoms with van der Waals surface area (Å²) in [5.41, 5.74) is 0. The largest absolute Gasteiger partial charge is 0.599 e. The van der Waals surface area contributed by atoms with E-state index in [4.69, 9.17) is 30.1 Å². The zero-order valence-corrected chi connectivity index (χ0v) is 14.0. The summed E-state index contributed by atoms with van der Waals surface area (Å²) in [6.07, 6.45) is 0. The van der Waals surface area contributed by atoms with Crippen LogP contribution in [0.15, 0.2) is 0 Å². The van der Waals surface area contributed by atoms with Gasteiger partial charge in [0.2, 0.25) is 0 Å². The SMILES string of the molecule is O=[P+](OO)C(CN(O)CC(P(=O)(O)O)P(=O)(O)O)[P+](=O)OO. The Morgan fingerprint density at radius 1 is 0.909 bits per heavy atom. The maximum absolute atomic E-state index is 11.2. The van der Waals surface area contributed by atoms with Gasteiger partial charge in [0.25, 0.3) is 0 Å². The van der Waals surface area contributed by atoms with E-state index in [1.165, 1.54) is 0 Å². The first-order chi connectivity index (χ1) is 9.84. The fraction of sp³-hybridized carbons (Fsp3) is 1.00. The lowest BCUT2D eigenvalue weighted by Crippen LogP contribution is -2.34. The topological polar surface area (TPSA) is 232 Å². The molecule has 130 valence electrons. The summed E-state index contributed by atoms with van der Waals surface area (Å²) in [5, 5.41) is 21.2. The number of hydrogen-bond donors (Lipinski definition) is 7. The van der Waals surface area contributed by atoms with Gasteiger partial charge in [0.05, 0.1) is 6.54 Å². The van der Waals surface area contributed by atoms with Gasteiger partial charge in [-0.25, -0.2) is 10.5 Å². The molecule has 0 aromatic rings. The van der Waals surface area contributed by atoms with Gasteiger partial charge < -0.3 is 24.8 Å². The Bertz CT molecular complexity index is 458. The van der Waals surface area contributed by atoms with Gasteiger partial charge in [-0.2, -0.15) is 5.06 Å².